The molecule has 6 heteroatoms. The van der Waals surface area contributed by atoms with Gasteiger partial charge in [-0.1, -0.05) is 92.5 Å². The largest absolute Gasteiger partial charge is 0.465 e. The predicted octanol–water partition coefficient (Wildman–Crippen LogP) is 6.23. The monoisotopic (exact) mass is 488 g/mol. The van der Waals surface area contributed by atoms with Crippen molar-refractivity contribution in [3.8, 4) is 11.3 Å². The van der Waals surface area contributed by atoms with Gasteiger partial charge in [-0.3, -0.25) is 9.59 Å². The predicted molar refractivity (Wildman–Crippen MR) is 140 cm³/mol. The third-order valence-corrected chi connectivity index (χ3v) is 8.75. The second-order valence-corrected chi connectivity index (χ2v) is 10.9. The number of H-pyrrole nitrogens is 1. The highest BCUT2D eigenvalue weighted by Gasteiger charge is 2.44. The van der Waals surface area contributed by atoms with Crippen LogP contribution in [0.4, 0.5) is 0 Å². The Hall–Kier alpha value is -2.86. The van der Waals surface area contributed by atoms with E-state index in [0.29, 0.717) is 17.7 Å². The van der Waals surface area contributed by atoms with Gasteiger partial charge in [0.15, 0.2) is 5.16 Å². The number of hydrogen-bond acceptors (Lipinski definition) is 5. The van der Waals surface area contributed by atoms with Crippen molar-refractivity contribution in [1.82, 2.24) is 9.97 Å². The SMILES string of the molecule is CCOC(=O)[C@@H](Sc1nc2c(c(=O)[nH]1)[C@](C)(C1CCCCC1)Cc1ccccc1-2)c1ccccc1. The van der Waals surface area contributed by atoms with Crippen molar-refractivity contribution in [1.29, 1.82) is 0 Å². The van der Waals surface area contributed by atoms with Gasteiger partial charge in [-0.25, -0.2) is 4.98 Å². The summed E-state index contributed by atoms with van der Waals surface area (Å²) in [5.74, 6) is 0.123. The summed E-state index contributed by atoms with van der Waals surface area (Å²) in [5, 5.41) is -0.167. The Kier molecular flexibility index (Phi) is 6.83. The maximum absolute atomic E-state index is 13.7. The first-order valence-electron chi connectivity index (χ1n) is 12.6. The molecule has 0 amide bonds. The van der Waals surface area contributed by atoms with Crippen LogP contribution in [0.1, 0.15) is 67.9 Å². The highest BCUT2D eigenvalue weighted by atomic mass is 32.2. The quantitative estimate of drug-likeness (QED) is 0.253. The fourth-order valence-corrected chi connectivity index (χ4v) is 6.90. The summed E-state index contributed by atoms with van der Waals surface area (Å²) in [6.07, 6.45) is 6.85. The van der Waals surface area contributed by atoms with Gasteiger partial charge in [-0.05, 0) is 43.2 Å². The maximum atomic E-state index is 13.7. The summed E-state index contributed by atoms with van der Waals surface area (Å²) < 4.78 is 5.36. The van der Waals surface area contributed by atoms with Crippen LogP contribution in [0.5, 0.6) is 0 Å². The summed E-state index contributed by atoms with van der Waals surface area (Å²) in [6.45, 7) is 4.35. The van der Waals surface area contributed by atoms with Crippen LogP contribution in [-0.4, -0.2) is 22.5 Å². The Morgan fingerprint density at radius 3 is 2.57 bits per heavy atom. The Balaban J connectivity index is 1.60. The number of esters is 1. The van der Waals surface area contributed by atoms with E-state index in [-0.39, 0.29) is 16.9 Å². The number of rotatable bonds is 6. The third kappa shape index (κ3) is 4.56. The van der Waals surface area contributed by atoms with Crippen molar-refractivity contribution in [2.75, 3.05) is 6.61 Å². The zero-order chi connectivity index (χ0) is 24.4. The van der Waals surface area contributed by atoms with E-state index in [1.807, 2.05) is 36.4 Å². The highest BCUT2D eigenvalue weighted by Crippen LogP contribution is 2.49. The molecule has 0 bridgehead atoms. The first-order valence-corrected chi connectivity index (χ1v) is 13.5. The summed E-state index contributed by atoms with van der Waals surface area (Å²) in [5.41, 5.74) is 4.32. The average Bonchev–Trinajstić information content (AvgIpc) is 2.88. The fraction of sp³-hybridized carbons (Fsp3) is 0.414. The van der Waals surface area contributed by atoms with Crippen LogP contribution in [0.3, 0.4) is 0 Å². The number of benzene rings is 2. The van der Waals surface area contributed by atoms with E-state index in [0.717, 1.165) is 41.6 Å². The number of aromatic nitrogens is 2. The van der Waals surface area contributed by atoms with Gasteiger partial charge in [-0.2, -0.15) is 0 Å². The standard InChI is InChI=1S/C29H32N2O3S/c1-3-34-27(33)25(19-12-6-4-7-13-19)35-28-30-24-22-17-11-10-14-20(22)18-29(2,23(24)26(32)31-28)21-15-8-5-9-16-21/h4,6-7,10-14,17,21,25H,3,5,8-9,15-16,18H2,1-2H3,(H,30,31,32)/t25-,29-/m0/s1. The van der Waals surface area contributed by atoms with Gasteiger partial charge in [-0.15, -0.1) is 0 Å². The van der Waals surface area contributed by atoms with E-state index < -0.39 is 5.25 Å². The normalized spacial score (nSPS) is 20.5. The molecule has 2 aliphatic rings. The number of nitrogens with one attached hydrogen (secondary N) is 1. The van der Waals surface area contributed by atoms with Gasteiger partial charge >= 0.3 is 5.97 Å². The number of carbonyl (C=O) groups excluding carboxylic acids is 1. The van der Waals surface area contributed by atoms with Crippen molar-refractivity contribution in [2.45, 2.75) is 68.2 Å². The number of carbonyl (C=O) groups is 1. The smallest absolute Gasteiger partial charge is 0.324 e. The van der Waals surface area contributed by atoms with E-state index in [4.69, 9.17) is 9.72 Å². The minimum atomic E-state index is -0.610. The summed E-state index contributed by atoms with van der Waals surface area (Å²) in [4.78, 5) is 34.7. The van der Waals surface area contributed by atoms with Gasteiger partial charge in [0.05, 0.1) is 17.9 Å². The molecule has 1 N–H and O–H groups in total. The molecule has 0 spiro atoms. The molecule has 3 aromatic rings. The van der Waals surface area contributed by atoms with E-state index >= 15 is 0 Å². The molecule has 5 rings (SSSR count). The molecule has 0 saturated heterocycles. The number of hydrogen-bond donors (Lipinski definition) is 1. The molecular weight excluding hydrogens is 456 g/mol. The first-order chi connectivity index (χ1) is 17.0. The Labute approximate surface area is 210 Å². The van der Waals surface area contributed by atoms with E-state index in [1.165, 1.54) is 36.6 Å². The molecule has 182 valence electrons. The minimum Gasteiger partial charge on any atom is -0.465 e. The summed E-state index contributed by atoms with van der Waals surface area (Å²) >= 11 is 1.25. The maximum Gasteiger partial charge on any atom is 0.324 e. The molecule has 1 fully saturated rings. The Morgan fingerprint density at radius 1 is 1.11 bits per heavy atom. The van der Waals surface area contributed by atoms with Crippen molar-refractivity contribution in [3.05, 3.63) is 81.6 Å². The molecule has 5 nitrogen and oxygen atoms in total. The third-order valence-electron chi connectivity index (χ3n) is 7.64. The van der Waals surface area contributed by atoms with Crippen molar-refractivity contribution in [3.63, 3.8) is 0 Å². The number of aromatic amines is 1. The van der Waals surface area contributed by atoms with Crippen LogP contribution in [0.15, 0.2) is 64.5 Å². The van der Waals surface area contributed by atoms with Gasteiger partial charge < -0.3 is 9.72 Å². The molecular formula is C29H32N2O3S. The lowest BCUT2D eigenvalue weighted by molar-refractivity contribution is -0.142. The van der Waals surface area contributed by atoms with Crippen molar-refractivity contribution >= 4 is 17.7 Å². The second-order valence-electron chi connectivity index (χ2n) is 9.84. The van der Waals surface area contributed by atoms with Gasteiger partial charge in [0.2, 0.25) is 0 Å². The van der Waals surface area contributed by atoms with E-state index in [2.05, 4.69) is 30.1 Å². The van der Waals surface area contributed by atoms with Gasteiger partial charge in [0, 0.05) is 11.0 Å². The van der Waals surface area contributed by atoms with Crippen LogP contribution in [0, 0.1) is 5.92 Å². The number of thioether (sulfide) groups is 1. The van der Waals surface area contributed by atoms with Crippen LogP contribution >= 0.6 is 11.8 Å². The molecule has 0 unspecified atom stereocenters. The molecule has 0 radical (unpaired) electrons. The molecule has 2 atom stereocenters. The van der Waals surface area contributed by atoms with Crippen LogP contribution in [0.2, 0.25) is 0 Å². The number of nitrogens with zero attached hydrogens (tertiary/aromatic N) is 1. The molecule has 1 aromatic heterocycles. The Bertz CT molecular complexity index is 1270. The minimum absolute atomic E-state index is 0.0873. The lowest BCUT2D eigenvalue weighted by atomic mass is 9.60. The van der Waals surface area contributed by atoms with Crippen LogP contribution in [0.25, 0.3) is 11.3 Å². The van der Waals surface area contributed by atoms with Crippen molar-refractivity contribution in [2.24, 2.45) is 5.92 Å². The number of fused-ring (bicyclic) bond motifs is 3. The summed E-state index contributed by atoms with van der Waals surface area (Å²) in [7, 11) is 0. The zero-order valence-electron chi connectivity index (χ0n) is 20.4. The lowest BCUT2D eigenvalue weighted by Gasteiger charge is -2.43. The van der Waals surface area contributed by atoms with E-state index in [9.17, 15) is 9.59 Å². The molecule has 1 heterocycles. The fourth-order valence-electron chi connectivity index (χ4n) is 5.92. The molecule has 0 aliphatic heterocycles. The molecule has 35 heavy (non-hydrogen) atoms. The van der Waals surface area contributed by atoms with Crippen LogP contribution < -0.4 is 5.56 Å². The lowest BCUT2D eigenvalue weighted by Crippen LogP contribution is -2.43. The Morgan fingerprint density at radius 2 is 1.83 bits per heavy atom. The van der Waals surface area contributed by atoms with Crippen LogP contribution in [-0.2, 0) is 21.4 Å². The number of ether oxygens (including phenoxy) is 1. The topological polar surface area (TPSA) is 72.0 Å². The molecule has 1 saturated carbocycles. The van der Waals surface area contributed by atoms with E-state index in [1.54, 1.807) is 6.92 Å². The van der Waals surface area contributed by atoms with Gasteiger partial charge in [0.25, 0.3) is 5.56 Å². The molecule has 2 aliphatic carbocycles. The van der Waals surface area contributed by atoms with Crippen molar-refractivity contribution < 1.29 is 9.53 Å². The average molecular weight is 489 g/mol. The first kappa shape index (κ1) is 23.9. The zero-order valence-corrected chi connectivity index (χ0v) is 21.2. The second kappa shape index (κ2) is 10.0. The van der Waals surface area contributed by atoms with Gasteiger partial charge in [0.1, 0.15) is 5.25 Å². The summed E-state index contributed by atoms with van der Waals surface area (Å²) in [6, 6.07) is 17.8. The molecule has 2 aromatic carbocycles. The highest BCUT2D eigenvalue weighted by molar-refractivity contribution is 8.00.